The van der Waals surface area contributed by atoms with Crippen LogP contribution in [0.25, 0.3) is 11.3 Å². The summed E-state index contributed by atoms with van der Waals surface area (Å²) in [7, 11) is 0. The lowest BCUT2D eigenvalue weighted by Gasteiger charge is -2.25. The average molecular weight is 346 g/mol. The third-order valence-corrected chi connectivity index (χ3v) is 4.67. The van der Waals surface area contributed by atoms with Crippen molar-refractivity contribution in [3.8, 4) is 11.3 Å². The van der Waals surface area contributed by atoms with Gasteiger partial charge in [-0.2, -0.15) is 0 Å². The second-order valence-electron chi connectivity index (χ2n) is 6.95. The van der Waals surface area contributed by atoms with Crippen LogP contribution in [0, 0.1) is 5.92 Å². The number of nitrogens with zero attached hydrogens (tertiary/aromatic N) is 1. The molecule has 0 unspecified atom stereocenters. The van der Waals surface area contributed by atoms with E-state index in [9.17, 15) is 4.79 Å². The summed E-state index contributed by atoms with van der Waals surface area (Å²) in [5, 5.41) is 5.94. The third-order valence-electron chi connectivity index (χ3n) is 3.74. The Morgan fingerprint density at radius 2 is 1.96 bits per heavy atom. The van der Waals surface area contributed by atoms with Gasteiger partial charge in [-0.1, -0.05) is 50.6 Å². The van der Waals surface area contributed by atoms with Crippen molar-refractivity contribution in [3.63, 3.8) is 0 Å². The normalized spacial score (nSPS) is 14.0. The first-order chi connectivity index (χ1) is 11.3. The van der Waals surface area contributed by atoms with Gasteiger partial charge in [-0.05, 0) is 26.7 Å². The van der Waals surface area contributed by atoms with Crippen LogP contribution in [-0.2, 0) is 4.74 Å². The quantitative estimate of drug-likeness (QED) is 0.786. The highest BCUT2D eigenvalue weighted by Crippen LogP contribution is 2.30. The van der Waals surface area contributed by atoms with Crippen molar-refractivity contribution in [3.05, 3.63) is 40.7 Å². The molecule has 5 heteroatoms. The summed E-state index contributed by atoms with van der Waals surface area (Å²) in [6.45, 7) is 9.82. The molecule has 2 aromatic rings. The standard InChI is InChI=1S/C19H26N2O2S/c1-6-13(2)16(21-18(22)23-19(3,4)5)17-20-15(12-24-17)14-10-8-7-9-11-14/h7-13,16H,6H2,1-5H3,(H,21,22)/t13-,16-/m0/s1. The number of carbonyl (C=O) groups is 1. The summed E-state index contributed by atoms with van der Waals surface area (Å²) in [5.41, 5.74) is 1.51. The Kier molecular flexibility index (Phi) is 5.99. The van der Waals surface area contributed by atoms with E-state index in [1.54, 1.807) is 11.3 Å². The smallest absolute Gasteiger partial charge is 0.408 e. The summed E-state index contributed by atoms with van der Waals surface area (Å²) in [6.07, 6.45) is 0.546. The van der Waals surface area contributed by atoms with Crippen LogP contribution < -0.4 is 5.32 Å². The fourth-order valence-corrected chi connectivity index (χ4v) is 3.30. The molecule has 130 valence electrons. The molecule has 1 aromatic heterocycles. The van der Waals surface area contributed by atoms with Crippen LogP contribution >= 0.6 is 11.3 Å². The lowest BCUT2D eigenvalue weighted by Crippen LogP contribution is -2.37. The molecule has 0 radical (unpaired) electrons. The Hall–Kier alpha value is -1.88. The van der Waals surface area contributed by atoms with Gasteiger partial charge in [0.2, 0.25) is 0 Å². The molecular weight excluding hydrogens is 320 g/mol. The molecule has 0 bridgehead atoms. The highest BCUT2D eigenvalue weighted by Gasteiger charge is 2.26. The first kappa shape index (κ1) is 18.5. The molecule has 0 spiro atoms. The number of rotatable bonds is 5. The van der Waals surface area contributed by atoms with Crippen molar-refractivity contribution in [2.45, 2.75) is 52.7 Å². The van der Waals surface area contributed by atoms with E-state index < -0.39 is 11.7 Å². The molecule has 0 aliphatic heterocycles. The van der Waals surface area contributed by atoms with Gasteiger partial charge in [0.05, 0.1) is 11.7 Å². The monoisotopic (exact) mass is 346 g/mol. The second kappa shape index (κ2) is 7.79. The van der Waals surface area contributed by atoms with Gasteiger partial charge in [-0.25, -0.2) is 9.78 Å². The van der Waals surface area contributed by atoms with Crippen LogP contribution in [0.3, 0.4) is 0 Å². The number of hydrogen-bond acceptors (Lipinski definition) is 4. The Morgan fingerprint density at radius 1 is 1.29 bits per heavy atom. The number of hydrogen-bond donors (Lipinski definition) is 1. The van der Waals surface area contributed by atoms with Crippen LogP contribution in [0.1, 0.15) is 52.1 Å². The Balaban J connectivity index is 2.20. The van der Waals surface area contributed by atoms with Gasteiger partial charge >= 0.3 is 6.09 Å². The molecule has 0 saturated heterocycles. The zero-order chi connectivity index (χ0) is 17.7. The largest absolute Gasteiger partial charge is 0.444 e. The van der Waals surface area contributed by atoms with E-state index in [1.165, 1.54) is 0 Å². The Bertz CT molecular complexity index is 662. The van der Waals surface area contributed by atoms with E-state index in [1.807, 2.05) is 56.5 Å². The predicted octanol–water partition coefficient (Wildman–Crippen LogP) is 5.42. The summed E-state index contributed by atoms with van der Waals surface area (Å²) in [6, 6.07) is 9.92. The molecule has 1 aromatic carbocycles. The van der Waals surface area contributed by atoms with Crippen LogP contribution in [0.4, 0.5) is 4.79 Å². The van der Waals surface area contributed by atoms with Gasteiger partial charge in [0.25, 0.3) is 0 Å². The molecule has 4 nitrogen and oxygen atoms in total. The highest BCUT2D eigenvalue weighted by atomic mass is 32.1. The van der Waals surface area contributed by atoms with Gasteiger partial charge in [-0.15, -0.1) is 11.3 Å². The molecule has 1 heterocycles. The van der Waals surface area contributed by atoms with E-state index >= 15 is 0 Å². The molecular formula is C19H26N2O2S. The van der Waals surface area contributed by atoms with Gasteiger partial charge in [0, 0.05) is 10.9 Å². The summed E-state index contributed by atoms with van der Waals surface area (Å²) in [5.74, 6) is 0.271. The minimum absolute atomic E-state index is 0.146. The second-order valence-corrected chi connectivity index (χ2v) is 7.84. The van der Waals surface area contributed by atoms with Crippen molar-refractivity contribution in [2.75, 3.05) is 0 Å². The average Bonchev–Trinajstić information content (AvgIpc) is 3.00. The molecule has 0 fully saturated rings. The van der Waals surface area contributed by atoms with Gasteiger partial charge in [0.15, 0.2) is 0 Å². The highest BCUT2D eigenvalue weighted by molar-refractivity contribution is 7.10. The van der Waals surface area contributed by atoms with E-state index in [0.29, 0.717) is 0 Å². The van der Waals surface area contributed by atoms with Gasteiger partial charge < -0.3 is 10.1 Å². The van der Waals surface area contributed by atoms with E-state index in [-0.39, 0.29) is 12.0 Å². The number of nitrogens with one attached hydrogen (secondary N) is 1. The van der Waals surface area contributed by atoms with E-state index in [2.05, 4.69) is 19.2 Å². The first-order valence-electron chi connectivity index (χ1n) is 8.30. The van der Waals surface area contributed by atoms with Crippen LogP contribution in [0.5, 0.6) is 0 Å². The van der Waals surface area contributed by atoms with Crippen LogP contribution in [-0.4, -0.2) is 16.7 Å². The number of ether oxygens (including phenoxy) is 1. The number of amides is 1. The molecule has 1 N–H and O–H groups in total. The summed E-state index contributed by atoms with van der Waals surface area (Å²) >= 11 is 1.57. The van der Waals surface area contributed by atoms with Crippen LogP contribution in [0.15, 0.2) is 35.7 Å². The maximum absolute atomic E-state index is 12.2. The SMILES string of the molecule is CC[C@H](C)[C@H](NC(=O)OC(C)(C)C)c1nc(-c2ccccc2)cs1. The number of benzene rings is 1. The molecule has 0 aliphatic rings. The topological polar surface area (TPSA) is 51.2 Å². The molecule has 2 atom stereocenters. The molecule has 1 amide bonds. The first-order valence-corrected chi connectivity index (χ1v) is 9.18. The zero-order valence-corrected chi connectivity index (χ0v) is 15.8. The summed E-state index contributed by atoms with van der Waals surface area (Å²) in [4.78, 5) is 16.9. The number of carbonyl (C=O) groups excluding carboxylic acids is 1. The fraction of sp³-hybridized carbons (Fsp3) is 0.474. The lowest BCUT2D eigenvalue weighted by atomic mass is 10.00. The van der Waals surface area contributed by atoms with Gasteiger partial charge in [0.1, 0.15) is 10.6 Å². The Morgan fingerprint density at radius 3 is 2.54 bits per heavy atom. The van der Waals surface area contributed by atoms with E-state index in [0.717, 1.165) is 22.7 Å². The van der Waals surface area contributed by atoms with Crippen molar-refractivity contribution in [1.82, 2.24) is 10.3 Å². The van der Waals surface area contributed by atoms with Crippen molar-refractivity contribution in [2.24, 2.45) is 5.92 Å². The molecule has 0 saturated carbocycles. The van der Waals surface area contributed by atoms with Crippen molar-refractivity contribution in [1.29, 1.82) is 0 Å². The van der Waals surface area contributed by atoms with E-state index in [4.69, 9.17) is 9.72 Å². The van der Waals surface area contributed by atoms with Crippen molar-refractivity contribution < 1.29 is 9.53 Å². The minimum atomic E-state index is -0.512. The van der Waals surface area contributed by atoms with Crippen molar-refractivity contribution >= 4 is 17.4 Å². The lowest BCUT2D eigenvalue weighted by molar-refractivity contribution is 0.0486. The third kappa shape index (κ3) is 5.06. The molecule has 0 aliphatic carbocycles. The molecule has 2 rings (SSSR count). The molecule has 24 heavy (non-hydrogen) atoms. The Labute approximate surface area is 148 Å². The maximum atomic E-state index is 12.2. The predicted molar refractivity (Wildman–Crippen MR) is 99.1 cm³/mol. The van der Waals surface area contributed by atoms with Crippen LogP contribution in [0.2, 0.25) is 0 Å². The number of thiazole rings is 1. The van der Waals surface area contributed by atoms with Gasteiger partial charge in [-0.3, -0.25) is 0 Å². The fourth-order valence-electron chi connectivity index (χ4n) is 2.29. The number of aromatic nitrogens is 1. The maximum Gasteiger partial charge on any atom is 0.408 e. The summed E-state index contributed by atoms with van der Waals surface area (Å²) < 4.78 is 5.40. The zero-order valence-electron chi connectivity index (χ0n) is 15.0. The number of alkyl carbamates (subject to hydrolysis) is 1. The minimum Gasteiger partial charge on any atom is -0.444 e.